The topological polar surface area (TPSA) is 67.2 Å². The summed E-state index contributed by atoms with van der Waals surface area (Å²) in [5, 5.41) is 3.17. The summed E-state index contributed by atoms with van der Waals surface area (Å²) in [6, 6.07) is 20.1. The number of nitrogens with one attached hydrogen (secondary N) is 1. The van der Waals surface area contributed by atoms with Gasteiger partial charge in [0.15, 0.2) is 0 Å². The highest BCUT2D eigenvalue weighted by Crippen LogP contribution is 2.32. The summed E-state index contributed by atoms with van der Waals surface area (Å²) < 4.78 is 16.2. The monoisotopic (exact) mass is 520 g/mol. The Hall–Kier alpha value is -3.71. The van der Waals surface area contributed by atoms with E-state index in [-0.39, 0.29) is 36.8 Å². The molecule has 0 saturated heterocycles. The molecule has 1 heterocycles. The second-order valence-electron chi connectivity index (χ2n) is 9.35. The Morgan fingerprint density at radius 3 is 2.54 bits per heavy atom. The highest BCUT2D eigenvalue weighted by molar-refractivity contribution is 6.01. The lowest BCUT2D eigenvalue weighted by Crippen LogP contribution is -2.47. The molecule has 0 radical (unpaired) electrons. The van der Waals surface area contributed by atoms with Gasteiger partial charge in [-0.2, -0.15) is 0 Å². The molecule has 1 atom stereocenters. The maximum Gasteiger partial charge on any atom is 0.248 e. The first-order valence-corrected chi connectivity index (χ1v) is 12.3. The van der Waals surface area contributed by atoms with Crippen LogP contribution < -0.4 is 10.2 Å². The standard InChI is InChI=1S/C29H29FN4O2.ClH/c1-20-9-2-5-14-24(20)28(29(36)32-22-11-3-4-12-22)34(23-13-8-10-21(30)17-23)27(35)18-33-19-31-25-15-6-7-16-26(25)33;/h2,5-10,13-17,19,22,28H,3-4,11-12,18H2,1H3,(H,32,36);1H. The number of benzene rings is 3. The predicted octanol–water partition coefficient (Wildman–Crippen LogP) is 5.74. The van der Waals surface area contributed by atoms with Crippen LogP contribution in [0.25, 0.3) is 11.0 Å². The number of carbonyl (C=O) groups is 2. The number of rotatable bonds is 7. The lowest BCUT2D eigenvalue weighted by molar-refractivity contribution is -0.127. The number of imidazole rings is 1. The smallest absolute Gasteiger partial charge is 0.248 e. The number of aromatic nitrogens is 2. The van der Waals surface area contributed by atoms with Crippen molar-refractivity contribution < 1.29 is 14.0 Å². The first-order valence-electron chi connectivity index (χ1n) is 12.3. The van der Waals surface area contributed by atoms with Gasteiger partial charge in [-0.25, -0.2) is 9.37 Å². The summed E-state index contributed by atoms with van der Waals surface area (Å²) in [5.74, 6) is -1.07. The highest BCUT2D eigenvalue weighted by atomic mass is 35.5. The third-order valence-electron chi connectivity index (χ3n) is 6.88. The zero-order valence-electron chi connectivity index (χ0n) is 20.6. The van der Waals surface area contributed by atoms with E-state index in [9.17, 15) is 14.0 Å². The van der Waals surface area contributed by atoms with E-state index in [1.165, 1.54) is 17.0 Å². The molecule has 1 N–H and O–H groups in total. The average molecular weight is 521 g/mol. The van der Waals surface area contributed by atoms with E-state index in [0.29, 0.717) is 11.3 Å². The van der Waals surface area contributed by atoms with Crippen LogP contribution in [-0.4, -0.2) is 27.4 Å². The van der Waals surface area contributed by atoms with Crippen LogP contribution in [0, 0.1) is 12.7 Å². The molecule has 8 heteroatoms. The van der Waals surface area contributed by atoms with Gasteiger partial charge in [0.05, 0.1) is 17.4 Å². The number of amides is 2. The molecular weight excluding hydrogens is 491 g/mol. The molecule has 2 amide bonds. The lowest BCUT2D eigenvalue weighted by Gasteiger charge is -2.33. The third kappa shape index (κ3) is 5.67. The first-order chi connectivity index (χ1) is 17.5. The molecule has 1 saturated carbocycles. The van der Waals surface area contributed by atoms with Gasteiger partial charge >= 0.3 is 0 Å². The average Bonchev–Trinajstić information content (AvgIpc) is 3.53. The summed E-state index contributed by atoms with van der Waals surface area (Å²) in [6.45, 7) is 1.87. The van der Waals surface area contributed by atoms with Gasteiger partial charge in [0.25, 0.3) is 0 Å². The number of anilines is 1. The largest absolute Gasteiger partial charge is 0.351 e. The van der Waals surface area contributed by atoms with Crippen LogP contribution in [0.1, 0.15) is 42.9 Å². The highest BCUT2D eigenvalue weighted by Gasteiger charge is 2.35. The molecule has 1 fully saturated rings. The fraction of sp³-hybridized carbons (Fsp3) is 0.276. The maximum absolute atomic E-state index is 14.4. The Morgan fingerprint density at radius 1 is 1.05 bits per heavy atom. The lowest BCUT2D eigenvalue weighted by atomic mass is 9.97. The molecule has 192 valence electrons. The summed E-state index contributed by atoms with van der Waals surface area (Å²) in [7, 11) is 0. The Balaban J connectivity index is 0.00000320. The first kappa shape index (κ1) is 26.4. The van der Waals surface area contributed by atoms with Crippen LogP contribution in [0.15, 0.2) is 79.1 Å². The molecule has 4 aromatic rings. The zero-order valence-corrected chi connectivity index (χ0v) is 21.5. The fourth-order valence-electron chi connectivity index (χ4n) is 5.06. The second kappa shape index (κ2) is 11.6. The van der Waals surface area contributed by atoms with Crippen molar-refractivity contribution in [2.75, 3.05) is 4.90 Å². The minimum atomic E-state index is -0.948. The Kier molecular flexibility index (Phi) is 8.24. The number of hydrogen-bond donors (Lipinski definition) is 1. The van der Waals surface area contributed by atoms with E-state index in [2.05, 4.69) is 10.3 Å². The van der Waals surface area contributed by atoms with Gasteiger partial charge in [-0.1, -0.05) is 55.3 Å². The summed E-state index contributed by atoms with van der Waals surface area (Å²) in [6.07, 6.45) is 5.59. The fourth-order valence-corrected chi connectivity index (χ4v) is 5.06. The number of fused-ring (bicyclic) bond motifs is 1. The van der Waals surface area contributed by atoms with Gasteiger partial charge in [0.1, 0.15) is 18.4 Å². The molecule has 0 aliphatic heterocycles. The van der Waals surface area contributed by atoms with E-state index in [4.69, 9.17) is 0 Å². The Bertz CT molecular complexity index is 1400. The van der Waals surface area contributed by atoms with Crippen molar-refractivity contribution in [2.24, 2.45) is 0 Å². The molecule has 0 spiro atoms. The zero-order chi connectivity index (χ0) is 25.1. The van der Waals surface area contributed by atoms with Gasteiger partial charge in [-0.15, -0.1) is 12.4 Å². The molecule has 1 unspecified atom stereocenters. The number of hydrogen-bond acceptors (Lipinski definition) is 3. The predicted molar refractivity (Wildman–Crippen MR) is 145 cm³/mol. The quantitative estimate of drug-likeness (QED) is 0.338. The van der Waals surface area contributed by atoms with Gasteiger partial charge < -0.3 is 9.88 Å². The van der Waals surface area contributed by atoms with Crippen LogP contribution >= 0.6 is 12.4 Å². The van der Waals surface area contributed by atoms with Crippen molar-refractivity contribution in [3.63, 3.8) is 0 Å². The minimum Gasteiger partial charge on any atom is -0.351 e. The Morgan fingerprint density at radius 2 is 1.78 bits per heavy atom. The van der Waals surface area contributed by atoms with Gasteiger partial charge in [0, 0.05) is 11.7 Å². The van der Waals surface area contributed by atoms with Crippen LogP contribution in [0.4, 0.5) is 10.1 Å². The SMILES string of the molecule is Cc1ccccc1C(C(=O)NC1CCCC1)N(C(=O)Cn1cnc2ccccc21)c1cccc(F)c1.Cl. The molecule has 1 aliphatic carbocycles. The molecule has 3 aromatic carbocycles. The number of aryl methyl sites for hydroxylation is 1. The maximum atomic E-state index is 14.4. The summed E-state index contributed by atoms with van der Waals surface area (Å²) >= 11 is 0. The van der Waals surface area contributed by atoms with Crippen molar-refractivity contribution in [2.45, 2.75) is 51.2 Å². The number of nitrogens with zero attached hydrogens (tertiary/aromatic N) is 3. The van der Waals surface area contributed by atoms with E-state index in [0.717, 1.165) is 42.3 Å². The van der Waals surface area contributed by atoms with Gasteiger partial charge in [-0.05, 0) is 61.2 Å². The molecule has 37 heavy (non-hydrogen) atoms. The molecular formula is C29H30ClFN4O2. The van der Waals surface area contributed by atoms with E-state index < -0.39 is 11.9 Å². The van der Waals surface area contributed by atoms with E-state index in [1.807, 2.05) is 55.5 Å². The van der Waals surface area contributed by atoms with Crippen molar-refractivity contribution in [3.8, 4) is 0 Å². The van der Waals surface area contributed by atoms with E-state index in [1.54, 1.807) is 23.0 Å². The summed E-state index contributed by atoms with van der Waals surface area (Å²) in [4.78, 5) is 33.7. The van der Waals surface area contributed by atoms with Crippen molar-refractivity contribution in [3.05, 3.63) is 96.1 Å². The molecule has 1 aliphatic rings. The normalized spacial score (nSPS) is 14.2. The van der Waals surface area contributed by atoms with Crippen molar-refractivity contribution >= 4 is 40.9 Å². The van der Waals surface area contributed by atoms with Crippen molar-refractivity contribution in [1.29, 1.82) is 0 Å². The van der Waals surface area contributed by atoms with Gasteiger partial charge in [0.2, 0.25) is 11.8 Å². The minimum absolute atomic E-state index is 0. The second-order valence-corrected chi connectivity index (χ2v) is 9.35. The van der Waals surface area contributed by atoms with Crippen molar-refractivity contribution in [1.82, 2.24) is 14.9 Å². The molecule has 1 aromatic heterocycles. The van der Waals surface area contributed by atoms with Gasteiger partial charge in [-0.3, -0.25) is 14.5 Å². The third-order valence-corrected chi connectivity index (χ3v) is 6.88. The molecule has 6 nitrogen and oxygen atoms in total. The van der Waals surface area contributed by atoms with Crippen LogP contribution in [-0.2, 0) is 16.1 Å². The number of carbonyl (C=O) groups excluding carboxylic acids is 2. The number of para-hydroxylation sites is 2. The van der Waals surface area contributed by atoms with Crippen LogP contribution in [0.5, 0.6) is 0 Å². The summed E-state index contributed by atoms with van der Waals surface area (Å²) in [5.41, 5.74) is 3.51. The van der Waals surface area contributed by atoms with Crippen LogP contribution in [0.2, 0.25) is 0 Å². The molecule has 5 rings (SSSR count). The molecule has 0 bridgehead atoms. The van der Waals surface area contributed by atoms with E-state index >= 15 is 0 Å². The number of halogens is 2. The van der Waals surface area contributed by atoms with Crippen LogP contribution in [0.3, 0.4) is 0 Å². The Labute approximate surface area is 221 Å².